The highest BCUT2D eigenvalue weighted by Gasteiger charge is 2.25. The van der Waals surface area contributed by atoms with E-state index in [1.54, 1.807) is 6.07 Å². The highest BCUT2D eigenvalue weighted by molar-refractivity contribution is 5.91. The van der Waals surface area contributed by atoms with Crippen molar-refractivity contribution < 1.29 is 9.32 Å². The number of likely N-dealkylation sites (tertiary alicyclic amines) is 1. The Bertz CT molecular complexity index is 947. The minimum Gasteiger partial charge on any atom is -0.351 e. The third kappa shape index (κ3) is 4.07. The second-order valence-electron chi connectivity index (χ2n) is 7.43. The SMILES string of the molecule is CCCNC(=O)c1cc([C@@H]2CCCN(Cc3ccnc4ccccc34)C2)no1. The highest BCUT2D eigenvalue weighted by atomic mass is 16.5. The number of nitrogens with zero attached hydrogens (tertiary/aromatic N) is 3. The number of hydrogen-bond acceptors (Lipinski definition) is 5. The van der Waals surface area contributed by atoms with Gasteiger partial charge in [0.05, 0.1) is 11.2 Å². The number of carbonyl (C=O) groups is 1. The summed E-state index contributed by atoms with van der Waals surface area (Å²) in [5.41, 5.74) is 3.21. The van der Waals surface area contributed by atoms with Crippen LogP contribution in [0.5, 0.6) is 0 Å². The van der Waals surface area contributed by atoms with Crippen molar-refractivity contribution in [1.82, 2.24) is 20.4 Å². The van der Waals surface area contributed by atoms with E-state index in [-0.39, 0.29) is 5.91 Å². The molecular formula is C22H26N4O2. The molecule has 0 aliphatic carbocycles. The van der Waals surface area contributed by atoms with E-state index in [0.29, 0.717) is 18.2 Å². The summed E-state index contributed by atoms with van der Waals surface area (Å²) in [5, 5.41) is 8.23. The zero-order valence-electron chi connectivity index (χ0n) is 16.2. The number of benzene rings is 1. The van der Waals surface area contributed by atoms with Gasteiger partial charge in [-0.2, -0.15) is 0 Å². The Morgan fingerprint density at radius 3 is 3.11 bits per heavy atom. The first-order chi connectivity index (χ1) is 13.7. The smallest absolute Gasteiger partial charge is 0.289 e. The summed E-state index contributed by atoms with van der Waals surface area (Å²) in [6.45, 7) is 5.54. The molecule has 3 heterocycles. The first-order valence-corrected chi connectivity index (χ1v) is 10.0. The van der Waals surface area contributed by atoms with Crippen molar-refractivity contribution in [2.45, 2.75) is 38.6 Å². The van der Waals surface area contributed by atoms with Crippen molar-refractivity contribution in [1.29, 1.82) is 0 Å². The lowest BCUT2D eigenvalue weighted by atomic mass is 9.94. The Balaban J connectivity index is 1.45. The van der Waals surface area contributed by atoms with Gasteiger partial charge in [0.15, 0.2) is 0 Å². The van der Waals surface area contributed by atoms with Crippen LogP contribution in [-0.2, 0) is 6.54 Å². The predicted molar refractivity (Wildman–Crippen MR) is 108 cm³/mol. The van der Waals surface area contributed by atoms with E-state index in [1.807, 2.05) is 19.2 Å². The maximum absolute atomic E-state index is 12.1. The van der Waals surface area contributed by atoms with Gasteiger partial charge in [-0.25, -0.2) is 0 Å². The molecule has 1 aliphatic heterocycles. The minimum atomic E-state index is -0.184. The van der Waals surface area contributed by atoms with Crippen LogP contribution in [0.4, 0.5) is 0 Å². The third-order valence-electron chi connectivity index (χ3n) is 5.34. The molecule has 3 aromatic rings. The fraction of sp³-hybridized carbons (Fsp3) is 0.409. The molecule has 0 unspecified atom stereocenters. The van der Waals surface area contributed by atoms with E-state index in [0.717, 1.165) is 50.1 Å². The lowest BCUT2D eigenvalue weighted by molar-refractivity contribution is 0.0916. The maximum atomic E-state index is 12.1. The lowest BCUT2D eigenvalue weighted by Crippen LogP contribution is -2.34. The van der Waals surface area contributed by atoms with Gasteiger partial charge >= 0.3 is 0 Å². The third-order valence-corrected chi connectivity index (χ3v) is 5.34. The van der Waals surface area contributed by atoms with Crippen LogP contribution in [0, 0.1) is 0 Å². The Labute approximate surface area is 164 Å². The summed E-state index contributed by atoms with van der Waals surface area (Å²) >= 11 is 0. The summed E-state index contributed by atoms with van der Waals surface area (Å²) in [6.07, 6.45) is 4.96. The Kier molecular flexibility index (Phi) is 5.67. The number of fused-ring (bicyclic) bond motifs is 1. The molecule has 0 bridgehead atoms. The average molecular weight is 378 g/mol. The molecule has 1 fully saturated rings. The molecule has 0 spiro atoms. The van der Waals surface area contributed by atoms with Gasteiger partial charge in [0.2, 0.25) is 5.76 Å². The summed E-state index contributed by atoms with van der Waals surface area (Å²) in [5.74, 6) is 0.413. The Morgan fingerprint density at radius 2 is 2.21 bits per heavy atom. The van der Waals surface area contributed by atoms with Crippen molar-refractivity contribution in [3.05, 3.63) is 59.6 Å². The van der Waals surface area contributed by atoms with Crippen molar-refractivity contribution in [3.8, 4) is 0 Å². The van der Waals surface area contributed by atoms with Gasteiger partial charge < -0.3 is 9.84 Å². The molecule has 1 amide bonds. The average Bonchev–Trinajstić information content (AvgIpc) is 3.23. The Hall–Kier alpha value is -2.73. The van der Waals surface area contributed by atoms with Gasteiger partial charge in [-0.1, -0.05) is 30.3 Å². The fourth-order valence-electron chi connectivity index (χ4n) is 3.89. The molecule has 1 aliphatic rings. The number of nitrogens with one attached hydrogen (secondary N) is 1. The standard InChI is InChI=1S/C22H26N4O2/c1-2-10-24-22(27)21-13-20(25-28-21)17-6-5-12-26(15-17)14-16-9-11-23-19-8-4-3-7-18(16)19/h3-4,7-9,11,13,17H,2,5-6,10,12,14-15H2,1H3,(H,24,27)/t17-/m1/s1. The first-order valence-electron chi connectivity index (χ1n) is 10.0. The monoisotopic (exact) mass is 378 g/mol. The van der Waals surface area contributed by atoms with E-state index in [4.69, 9.17) is 4.52 Å². The summed E-state index contributed by atoms with van der Waals surface area (Å²) in [4.78, 5) is 19.0. The topological polar surface area (TPSA) is 71.3 Å². The Morgan fingerprint density at radius 1 is 1.32 bits per heavy atom. The quantitative estimate of drug-likeness (QED) is 0.707. The summed E-state index contributed by atoms with van der Waals surface area (Å²) < 4.78 is 5.30. The molecule has 0 radical (unpaired) electrons. The fourth-order valence-corrected chi connectivity index (χ4v) is 3.89. The largest absolute Gasteiger partial charge is 0.351 e. The molecule has 0 saturated carbocycles. The van der Waals surface area contributed by atoms with Gasteiger partial charge in [-0.15, -0.1) is 0 Å². The van der Waals surface area contributed by atoms with Crippen molar-refractivity contribution >= 4 is 16.8 Å². The molecule has 1 aromatic carbocycles. The molecule has 28 heavy (non-hydrogen) atoms. The first kappa shape index (κ1) is 18.6. The summed E-state index contributed by atoms with van der Waals surface area (Å²) in [6, 6.07) is 12.2. The van der Waals surface area contributed by atoms with Gasteiger partial charge in [0, 0.05) is 43.2 Å². The van der Waals surface area contributed by atoms with Gasteiger partial charge in [0.25, 0.3) is 5.91 Å². The highest BCUT2D eigenvalue weighted by Crippen LogP contribution is 2.28. The van der Waals surface area contributed by atoms with Crippen LogP contribution in [0.25, 0.3) is 10.9 Å². The maximum Gasteiger partial charge on any atom is 0.289 e. The van der Waals surface area contributed by atoms with Crippen LogP contribution in [0.3, 0.4) is 0 Å². The molecule has 6 nitrogen and oxygen atoms in total. The number of piperidine rings is 1. The van der Waals surface area contributed by atoms with Crippen molar-refractivity contribution in [2.75, 3.05) is 19.6 Å². The number of carbonyl (C=O) groups excluding carboxylic acids is 1. The molecule has 1 atom stereocenters. The minimum absolute atomic E-state index is 0.184. The van der Waals surface area contributed by atoms with Gasteiger partial charge in [-0.05, 0) is 43.5 Å². The van der Waals surface area contributed by atoms with Crippen LogP contribution in [0.2, 0.25) is 0 Å². The van der Waals surface area contributed by atoms with Gasteiger partial charge in [-0.3, -0.25) is 14.7 Å². The lowest BCUT2D eigenvalue weighted by Gasteiger charge is -2.32. The van der Waals surface area contributed by atoms with E-state index < -0.39 is 0 Å². The zero-order chi connectivity index (χ0) is 19.3. The van der Waals surface area contributed by atoms with Crippen LogP contribution in [0.15, 0.2) is 47.1 Å². The number of para-hydroxylation sites is 1. The second kappa shape index (κ2) is 8.52. The van der Waals surface area contributed by atoms with Crippen LogP contribution in [-0.4, -0.2) is 40.6 Å². The molecule has 2 aromatic heterocycles. The van der Waals surface area contributed by atoms with E-state index in [1.165, 1.54) is 10.9 Å². The van der Waals surface area contributed by atoms with E-state index in [9.17, 15) is 4.79 Å². The number of pyridine rings is 1. The van der Waals surface area contributed by atoms with Gasteiger partial charge in [0.1, 0.15) is 0 Å². The number of rotatable bonds is 6. The van der Waals surface area contributed by atoms with Crippen molar-refractivity contribution in [2.24, 2.45) is 0 Å². The predicted octanol–water partition coefficient (Wildman–Crippen LogP) is 3.74. The van der Waals surface area contributed by atoms with Crippen LogP contribution >= 0.6 is 0 Å². The zero-order valence-corrected chi connectivity index (χ0v) is 16.2. The molecular weight excluding hydrogens is 352 g/mol. The van der Waals surface area contributed by atoms with E-state index >= 15 is 0 Å². The van der Waals surface area contributed by atoms with E-state index in [2.05, 4.69) is 44.6 Å². The number of hydrogen-bond donors (Lipinski definition) is 1. The molecule has 6 heteroatoms. The number of aromatic nitrogens is 2. The summed E-state index contributed by atoms with van der Waals surface area (Å²) in [7, 11) is 0. The molecule has 146 valence electrons. The molecule has 4 rings (SSSR count). The van der Waals surface area contributed by atoms with Crippen LogP contribution in [0.1, 0.15) is 53.9 Å². The molecule has 1 saturated heterocycles. The van der Waals surface area contributed by atoms with Crippen LogP contribution < -0.4 is 5.32 Å². The molecule has 1 N–H and O–H groups in total. The number of amides is 1. The van der Waals surface area contributed by atoms with Crippen molar-refractivity contribution in [3.63, 3.8) is 0 Å². The second-order valence-corrected chi connectivity index (χ2v) is 7.43. The normalized spacial score (nSPS) is 17.7.